The van der Waals surface area contributed by atoms with E-state index in [1.165, 1.54) is 35.4 Å². The topological polar surface area (TPSA) is 111 Å². The number of ether oxygens (including phenoxy) is 1. The maximum atomic E-state index is 13.1. The summed E-state index contributed by atoms with van der Waals surface area (Å²) in [6.45, 7) is 0.267. The number of carbonyl (C=O) groups excluding carboxylic acids is 2. The second-order valence-corrected chi connectivity index (χ2v) is 9.42. The Labute approximate surface area is 189 Å². The lowest BCUT2D eigenvalue weighted by atomic mass is 9.98. The zero-order valence-corrected chi connectivity index (χ0v) is 18.4. The normalized spacial score (nSPS) is 19.5. The minimum Gasteiger partial charge on any atom is -0.467 e. The fourth-order valence-corrected chi connectivity index (χ4v) is 5.24. The van der Waals surface area contributed by atoms with Gasteiger partial charge in [0.25, 0.3) is 10.0 Å². The molecule has 1 fully saturated rings. The van der Waals surface area contributed by atoms with E-state index in [4.69, 9.17) is 9.57 Å². The van der Waals surface area contributed by atoms with E-state index in [0.29, 0.717) is 5.56 Å². The number of fused-ring (bicyclic) bond motifs is 4. The van der Waals surface area contributed by atoms with Crippen molar-refractivity contribution in [1.82, 2.24) is 19.1 Å². The van der Waals surface area contributed by atoms with Gasteiger partial charge in [0.05, 0.1) is 18.6 Å². The van der Waals surface area contributed by atoms with Gasteiger partial charge in [0.1, 0.15) is 18.3 Å². The molecular weight excluding hydrogens is 448 g/mol. The highest BCUT2D eigenvalue weighted by atomic mass is 32.2. The van der Waals surface area contributed by atoms with E-state index in [0.717, 1.165) is 9.65 Å². The van der Waals surface area contributed by atoms with Crippen LogP contribution in [0.1, 0.15) is 28.9 Å². The SMILES string of the molecule is COC(=O)[C@@H]1c2nn(S(=O)(=O)c3ccccc3)cc2[C@H]2CN1C(=O)N2OCc1ccccc1. The molecule has 11 heteroatoms. The summed E-state index contributed by atoms with van der Waals surface area (Å²) < 4.78 is 32.0. The smallest absolute Gasteiger partial charge is 0.345 e. The molecular formula is C22H20N4O6S. The van der Waals surface area contributed by atoms with Gasteiger partial charge in [0, 0.05) is 11.8 Å². The lowest BCUT2D eigenvalue weighted by Crippen LogP contribution is -2.39. The third kappa shape index (κ3) is 3.45. The highest BCUT2D eigenvalue weighted by molar-refractivity contribution is 7.89. The molecule has 0 aliphatic carbocycles. The number of methoxy groups -OCH3 is 1. The van der Waals surface area contributed by atoms with Gasteiger partial charge < -0.3 is 9.64 Å². The van der Waals surface area contributed by atoms with Crippen molar-refractivity contribution in [2.24, 2.45) is 0 Å². The number of aromatic nitrogens is 2. The second-order valence-electron chi connectivity index (χ2n) is 7.62. The maximum Gasteiger partial charge on any atom is 0.345 e. The van der Waals surface area contributed by atoms with Crippen LogP contribution in [0.2, 0.25) is 0 Å². The van der Waals surface area contributed by atoms with Gasteiger partial charge in [-0.1, -0.05) is 48.5 Å². The Hall–Kier alpha value is -3.70. The molecule has 0 radical (unpaired) electrons. The summed E-state index contributed by atoms with van der Waals surface area (Å²) in [5, 5.41) is 5.41. The Balaban J connectivity index is 1.54. The Bertz CT molecular complexity index is 1310. The molecule has 10 nitrogen and oxygen atoms in total. The average Bonchev–Trinajstić information content (AvgIpc) is 3.41. The third-order valence-corrected chi connectivity index (χ3v) is 7.24. The highest BCUT2D eigenvalue weighted by Crippen LogP contribution is 2.44. The Morgan fingerprint density at radius 2 is 1.76 bits per heavy atom. The van der Waals surface area contributed by atoms with Crippen LogP contribution in [0.4, 0.5) is 4.79 Å². The molecule has 0 saturated carbocycles. The molecule has 0 N–H and O–H groups in total. The van der Waals surface area contributed by atoms with Crippen molar-refractivity contribution in [3.63, 3.8) is 0 Å². The van der Waals surface area contributed by atoms with Gasteiger partial charge >= 0.3 is 12.0 Å². The number of nitrogens with zero attached hydrogens (tertiary/aromatic N) is 4. The van der Waals surface area contributed by atoms with Crippen molar-refractivity contribution < 1.29 is 27.6 Å². The van der Waals surface area contributed by atoms with Crippen LogP contribution in [0.3, 0.4) is 0 Å². The van der Waals surface area contributed by atoms with Gasteiger partial charge in [-0.25, -0.2) is 9.59 Å². The third-order valence-electron chi connectivity index (χ3n) is 5.69. The van der Waals surface area contributed by atoms with E-state index in [1.807, 2.05) is 30.3 Å². The summed E-state index contributed by atoms with van der Waals surface area (Å²) in [4.78, 5) is 32.8. The van der Waals surface area contributed by atoms with Crippen LogP contribution in [-0.4, -0.2) is 53.2 Å². The first-order chi connectivity index (χ1) is 15.9. The van der Waals surface area contributed by atoms with Gasteiger partial charge in [0.2, 0.25) is 0 Å². The predicted molar refractivity (Wildman–Crippen MR) is 114 cm³/mol. The molecule has 1 saturated heterocycles. The number of carbonyl (C=O) groups is 2. The van der Waals surface area contributed by atoms with E-state index in [-0.39, 0.29) is 23.7 Å². The van der Waals surface area contributed by atoms with Gasteiger partial charge in [-0.2, -0.15) is 22.7 Å². The zero-order chi connectivity index (χ0) is 23.2. The molecule has 5 rings (SSSR count). The van der Waals surface area contributed by atoms with E-state index in [2.05, 4.69) is 5.10 Å². The summed E-state index contributed by atoms with van der Waals surface area (Å²) >= 11 is 0. The van der Waals surface area contributed by atoms with Crippen LogP contribution < -0.4 is 0 Å². The number of amides is 2. The quantitative estimate of drug-likeness (QED) is 0.510. The average molecular weight is 468 g/mol. The van der Waals surface area contributed by atoms with Gasteiger partial charge in [0.15, 0.2) is 6.04 Å². The van der Waals surface area contributed by atoms with Crippen LogP contribution in [0.25, 0.3) is 0 Å². The summed E-state index contributed by atoms with van der Waals surface area (Å²) in [6.07, 6.45) is 1.34. The van der Waals surface area contributed by atoms with E-state index in [9.17, 15) is 18.0 Å². The van der Waals surface area contributed by atoms with Crippen molar-refractivity contribution in [1.29, 1.82) is 0 Å². The van der Waals surface area contributed by atoms with Crippen LogP contribution in [0, 0.1) is 0 Å². The fraction of sp³-hybridized carbons (Fsp3) is 0.227. The first-order valence-electron chi connectivity index (χ1n) is 10.2. The van der Waals surface area contributed by atoms with Crippen molar-refractivity contribution in [3.05, 3.63) is 83.7 Å². The Morgan fingerprint density at radius 3 is 2.42 bits per heavy atom. The molecule has 33 heavy (non-hydrogen) atoms. The molecule has 2 bridgehead atoms. The van der Waals surface area contributed by atoms with Crippen molar-refractivity contribution in [2.75, 3.05) is 13.7 Å². The summed E-state index contributed by atoms with van der Waals surface area (Å²) in [5.41, 5.74) is 1.42. The lowest BCUT2D eigenvalue weighted by Gasteiger charge is -2.27. The summed E-state index contributed by atoms with van der Waals surface area (Å²) in [7, 11) is -2.80. The number of urea groups is 1. The maximum absolute atomic E-state index is 13.1. The van der Waals surface area contributed by atoms with Gasteiger partial charge in [-0.3, -0.25) is 4.84 Å². The monoisotopic (exact) mass is 468 g/mol. The number of rotatable bonds is 6. The fourth-order valence-electron chi connectivity index (χ4n) is 4.07. The minimum absolute atomic E-state index is 0.0539. The van der Waals surface area contributed by atoms with E-state index in [1.54, 1.807) is 18.2 Å². The predicted octanol–water partition coefficient (Wildman–Crippen LogP) is 2.26. The molecule has 170 valence electrons. The van der Waals surface area contributed by atoms with Crippen LogP contribution in [-0.2, 0) is 31.0 Å². The molecule has 0 spiro atoms. The molecule has 3 aromatic rings. The van der Waals surface area contributed by atoms with Crippen molar-refractivity contribution in [2.45, 2.75) is 23.6 Å². The Morgan fingerprint density at radius 1 is 1.09 bits per heavy atom. The summed E-state index contributed by atoms with van der Waals surface area (Å²) in [6, 6.07) is 14.8. The Kier molecular flexibility index (Phi) is 5.14. The van der Waals surface area contributed by atoms with Crippen LogP contribution in [0.15, 0.2) is 71.8 Å². The lowest BCUT2D eigenvalue weighted by molar-refractivity contribution is -0.146. The molecule has 0 unspecified atom stereocenters. The number of esters is 1. The minimum atomic E-state index is -4.00. The first-order valence-corrected chi connectivity index (χ1v) is 11.6. The number of hydrogen-bond donors (Lipinski definition) is 0. The van der Waals surface area contributed by atoms with E-state index < -0.39 is 34.1 Å². The van der Waals surface area contributed by atoms with Crippen molar-refractivity contribution >= 4 is 22.0 Å². The molecule has 1 aromatic heterocycles. The molecule has 2 aliphatic rings. The molecule has 2 amide bonds. The second kappa shape index (κ2) is 8.01. The van der Waals surface area contributed by atoms with Crippen LogP contribution in [0.5, 0.6) is 0 Å². The van der Waals surface area contributed by atoms with Gasteiger partial charge in [-0.05, 0) is 17.7 Å². The number of hydrogen-bond acceptors (Lipinski definition) is 7. The van der Waals surface area contributed by atoms with Crippen molar-refractivity contribution in [3.8, 4) is 0 Å². The highest BCUT2D eigenvalue weighted by Gasteiger charge is 2.53. The van der Waals surface area contributed by atoms with Crippen LogP contribution >= 0.6 is 0 Å². The standard InChI is InChI=1S/C22H20N4O6S/c1-31-21(27)20-19-17(12-25(23-19)33(29,30)16-10-6-3-7-11-16)18-13-24(20)22(28)26(18)32-14-15-8-4-2-5-9-15/h2-12,18,20H,13-14H2,1H3/t18-,20+/m1/s1. The first kappa shape index (κ1) is 21.2. The number of hydroxylamine groups is 2. The zero-order valence-electron chi connectivity index (χ0n) is 17.6. The molecule has 3 heterocycles. The largest absolute Gasteiger partial charge is 0.467 e. The molecule has 2 atom stereocenters. The number of benzene rings is 2. The summed E-state index contributed by atoms with van der Waals surface area (Å²) in [5.74, 6) is -0.713. The van der Waals surface area contributed by atoms with E-state index >= 15 is 0 Å². The molecule has 2 aromatic carbocycles. The van der Waals surface area contributed by atoms with Gasteiger partial charge in [-0.15, -0.1) is 0 Å². The molecule has 2 aliphatic heterocycles.